The van der Waals surface area contributed by atoms with Crippen LogP contribution in [0.15, 0.2) is 23.1 Å². The lowest BCUT2D eigenvalue weighted by atomic mass is 9.53. The Hall–Kier alpha value is -2.17. The zero-order chi connectivity index (χ0) is 22.4. The molecule has 5 rings (SSSR count). The number of urea groups is 1. The van der Waals surface area contributed by atoms with Crippen LogP contribution in [-0.2, 0) is 19.6 Å². The fraction of sp³-hybridized carbons (Fsp3) is 0.550. The number of esters is 1. The second-order valence-electron chi connectivity index (χ2n) is 8.97. The zero-order valence-electron chi connectivity index (χ0n) is 16.7. The van der Waals surface area contributed by atoms with Crippen molar-refractivity contribution in [2.24, 2.45) is 22.9 Å². The Morgan fingerprint density at radius 2 is 1.68 bits per heavy atom. The molecule has 0 aromatic heterocycles. The van der Waals surface area contributed by atoms with E-state index < -0.39 is 39.4 Å². The molecule has 0 radical (unpaired) electrons. The highest BCUT2D eigenvalue weighted by Gasteiger charge is 2.51. The van der Waals surface area contributed by atoms with E-state index in [0.29, 0.717) is 17.8 Å². The van der Waals surface area contributed by atoms with E-state index in [4.69, 9.17) is 21.5 Å². The fourth-order valence-electron chi connectivity index (χ4n) is 5.76. The molecule has 0 atom stereocenters. The van der Waals surface area contributed by atoms with E-state index in [1.807, 2.05) is 0 Å². The van der Waals surface area contributed by atoms with Gasteiger partial charge in [-0.25, -0.2) is 23.1 Å². The largest absolute Gasteiger partial charge is 0.452 e. The summed E-state index contributed by atoms with van der Waals surface area (Å²) in [5.74, 6) is 0.203. The molecule has 168 valence electrons. The molecule has 0 unspecified atom stereocenters. The first-order valence-electron chi connectivity index (χ1n) is 10.1. The number of imide groups is 1. The Kier molecular flexibility index (Phi) is 5.74. The summed E-state index contributed by atoms with van der Waals surface area (Å²) in [5.41, 5.74) is -0.386. The van der Waals surface area contributed by atoms with E-state index in [9.17, 15) is 22.8 Å². The summed E-state index contributed by atoms with van der Waals surface area (Å²) in [6.07, 6.45) is 6.52. The minimum Gasteiger partial charge on any atom is -0.452 e. The average Bonchev–Trinajstić information content (AvgIpc) is 2.63. The Bertz CT molecular complexity index is 1010. The quantitative estimate of drug-likeness (QED) is 0.562. The highest BCUT2D eigenvalue weighted by atomic mass is 35.5. The highest BCUT2D eigenvalue weighted by molar-refractivity contribution is 7.89. The van der Waals surface area contributed by atoms with Crippen LogP contribution in [0, 0.1) is 17.8 Å². The van der Waals surface area contributed by atoms with E-state index in [1.165, 1.54) is 31.4 Å². The number of carbonyl (C=O) groups is 3. The number of carbonyl (C=O) groups excluding carboxylic acids is 3. The highest BCUT2D eigenvalue weighted by Crippen LogP contribution is 2.55. The lowest BCUT2D eigenvalue weighted by Gasteiger charge is -2.56. The van der Waals surface area contributed by atoms with E-state index in [0.717, 1.165) is 25.3 Å². The van der Waals surface area contributed by atoms with Crippen molar-refractivity contribution in [3.8, 4) is 0 Å². The number of ether oxygens (including phenoxy) is 1. The first kappa shape index (κ1) is 22.0. The zero-order valence-corrected chi connectivity index (χ0v) is 18.3. The van der Waals surface area contributed by atoms with Gasteiger partial charge in [-0.3, -0.25) is 10.1 Å². The maximum Gasteiger partial charge on any atom is 0.338 e. The molecule has 0 spiro atoms. The van der Waals surface area contributed by atoms with Crippen LogP contribution in [0.2, 0.25) is 5.02 Å². The molecule has 4 saturated carbocycles. The van der Waals surface area contributed by atoms with Crippen LogP contribution in [0.25, 0.3) is 0 Å². The molecule has 11 heteroatoms. The fourth-order valence-corrected chi connectivity index (χ4v) is 6.83. The smallest absolute Gasteiger partial charge is 0.338 e. The van der Waals surface area contributed by atoms with Gasteiger partial charge >= 0.3 is 12.0 Å². The maximum absolute atomic E-state index is 12.4. The molecule has 0 heterocycles. The molecule has 4 bridgehead atoms. The SMILES string of the molecule is NS(=O)(=O)c1cc(C(=O)OCC(=O)NC(=O)NC23CC4CC(CC(C4)C2)C3)ccc1Cl. The lowest BCUT2D eigenvalue weighted by molar-refractivity contribution is -0.123. The van der Waals surface area contributed by atoms with Crippen molar-refractivity contribution < 1.29 is 27.5 Å². The lowest BCUT2D eigenvalue weighted by Crippen LogP contribution is -2.62. The van der Waals surface area contributed by atoms with Crippen LogP contribution in [0.3, 0.4) is 0 Å². The summed E-state index contributed by atoms with van der Waals surface area (Å²) >= 11 is 5.78. The molecule has 31 heavy (non-hydrogen) atoms. The van der Waals surface area contributed by atoms with Crippen molar-refractivity contribution in [2.75, 3.05) is 6.61 Å². The molecule has 4 N–H and O–H groups in total. The summed E-state index contributed by atoms with van der Waals surface area (Å²) in [6, 6.07) is 2.82. The van der Waals surface area contributed by atoms with Gasteiger partial charge in [0.1, 0.15) is 4.90 Å². The summed E-state index contributed by atoms with van der Waals surface area (Å²) in [7, 11) is -4.13. The van der Waals surface area contributed by atoms with Crippen molar-refractivity contribution in [1.82, 2.24) is 10.6 Å². The topological polar surface area (TPSA) is 145 Å². The number of sulfonamides is 1. The molecule has 9 nitrogen and oxygen atoms in total. The number of hydrogen-bond acceptors (Lipinski definition) is 6. The van der Waals surface area contributed by atoms with Crippen molar-refractivity contribution in [2.45, 2.75) is 49.0 Å². The number of amides is 3. The van der Waals surface area contributed by atoms with Gasteiger partial charge in [-0.05, 0) is 74.5 Å². The monoisotopic (exact) mass is 469 g/mol. The number of hydrogen-bond donors (Lipinski definition) is 3. The summed E-state index contributed by atoms with van der Waals surface area (Å²) in [6.45, 7) is -0.694. The van der Waals surface area contributed by atoms with Gasteiger partial charge in [0.15, 0.2) is 6.61 Å². The summed E-state index contributed by atoms with van der Waals surface area (Å²) in [4.78, 5) is 36.2. The van der Waals surface area contributed by atoms with Crippen LogP contribution in [0.4, 0.5) is 4.79 Å². The van der Waals surface area contributed by atoms with Crippen molar-refractivity contribution in [3.05, 3.63) is 28.8 Å². The van der Waals surface area contributed by atoms with Crippen molar-refractivity contribution in [3.63, 3.8) is 0 Å². The van der Waals surface area contributed by atoms with Crippen LogP contribution < -0.4 is 15.8 Å². The van der Waals surface area contributed by atoms with Crippen LogP contribution in [0.5, 0.6) is 0 Å². The summed E-state index contributed by atoms with van der Waals surface area (Å²) < 4.78 is 27.9. The Morgan fingerprint density at radius 3 is 2.23 bits per heavy atom. The van der Waals surface area contributed by atoms with Gasteiger partial charge < -0.3 is 10.1 Å². The number of halogens is 1. The van der Waals surface area contributed by atoms with Gasteiger partial charge in [0.2, 0.25) is 10.0 Å². The number of rotatable bonds is 5. The first-order chi connectivity index (χ1) is 14.5. The second-order valence-corrected chi connectivity index (χ2v) is 10.9. The predicted octanol–water partition coefficient (Wildman–Crippen LogP) is 1.94. The van der Waals surface area contributed by atoms with Gasteiger partial charge in [0.25, 0.3) is 5.91 Å². The molecule has 0 aliphatic heterocycles. The van der Waals surface area contributed by atoms with Crippen molar-refractivity contribution >= 4 is 39.5 Å². The average molecular weight is 470 g/mol. The third-order valence-corrected chi connectivity index (χ3v) is 7.87. The normalized spacial score (nSPS) is 28.8. The maximum atomic E-state index is 12.4. The molecule has 4 aliphatic rings. The van der Waals surface area contributed by atoms with Crippen LogP contribution >= 0.6 is 11.6 Å². The van der Waals surface area contributed by atoms with E-state index >= 15 is 0 Å². The van der Waals surface area contributed by atoms with Gasteiger partial charge in [-0.15, -0.1) is 0 Å². The van der Waals surface area contributed by atoms with Crippen LogP contribution in [-0.4, -0.2) is 38.5 Å². The van der Waals surface area contributed by atoms with E-state index in [-0.39, 0.29) is 16.1 Å². The molecule has 1 aromatic carbocycles. The van der Waals surface area contributed by atoms with Gasteiger partial charge in [-0.2, -0.15) is 0 Å². The molecular weight excluding hydrogens is 446 g/mol. The van der Waals surface area contributed by atoms with Crippen LogP contribution in [0.1, 0.15) is 48.9 Å². The molecule has 3 amide bonds. The number of nitrogens with two attached hydrogens (primary N) is 1. The first-order valence-corrected chi connectivity index (χ1v) is 12.1. The predicted molar refractivity (Wildman–Crippen MR) is 111 cm³/mol. The Labute approximate surface area is 185 Å². The molecule has 1 aromatic rings. The standard InChI is InChI=1S/C20H24ClN3O6S/c21-15-2-1-14(6-16(15)31(22,28)29)18(26)30-10-17(25)23-19(27)24-20-7-11-3-12(8-20)5-13(4-11)9-20/h1-2,6,11-13H,3-5,7-10H2,(H2,22,28,29)(H2,23,24,25,27). The molecular formula is C20H24ClN3O6S. The third-order valence-electron chi connectivity index (χ3n) is 6.48. The second kappa shape index (κ2) is 8.07. The number of nitrogens with one attached hydrogen (secondary N) is 2. The van der Waals surface area contributed by atoms with Gasteiger partial charge in [0.05, 0.1) is 10.6 Å². The number of primary sulfonamides is 1. The van der Waals surface area contributed by atoms with Gasteiger partial charge in [0, 0.05) is 5.54 Å². The van der Waals surface area contributed by atoms with E-state index in [1.54, 1.807) is 0 Å². The molecule has 4 fully saturated rings. The number of benzene rings is 1. The van der Waals surface area contributed by atoms with Gasteiger partial charge in [-0.1, -0.05) is 11.6 Å². The third kappa shape index (κ3) is 4.86. The Morgan fingerprint density at radius 1 is 1.10 bits per heavy atom. The molecule has 0 saturated heterocycles. The minimum atomic E-state index is -4.13. The molecule has 4 aliphatic carbocycles. The van der Waals surface area contributed by atoms with E-state index in [2.05, 4.69) is 10.6 Å². The minimum absolute atomic E-state index is 0.140. The Balaban J connectivity index is 1.29. The summed E-state index contributed by atoms with van der Waals surface area (Å²) in [5, 5.41) is 10.1. The van der Waals surface area contributed by atoms with Crippen molar-refractivity contribution in [1.29, 1.82) is 0 Å².